The van der Waals surface area contributed by atoms with Crippen LogP contribution in [-0.2, 0) is 0 Å². The van der Waals surface area contributed by atoms with E-state index in [1.165, 1.54) is 30.5 Å². The second-order valence-electron chi connectivity index (χ2n) is 4.13. The maximum absolute atomic E-state index is 3.55. The van der Waals surface area contributed by atoms with Crippen LogP contribution in [-0.4, -0.2) is 6.04 Å². The zero-order chi connectivity index (χ0) is 10.7. The Morgan fingerprint density at radius 3 is 2.87 bits per heavy atom. The van der Waals surface area contributed by atoms with Crippen molar-refractivity contribution in [3.8, 4) is 0 Å². The highest BCUT2D eigenvalue weighted by atomic mass is 79.9. The third kappa shape index (κ3) is 3.10. The van der Waals surface area contributed by atoms with Crippen molar-refractivity contribution < 1.29 is 0 Å². The van der Waals surface area contributed by atoms with Crippen LogP contribution in [0.5, 0.6) is 0 Å². The van der Waals surface area contributed by atoms with E-state index in [-0.39, 0.29) is 0 Å². The van der Waals surface area contributed by atoms with E-state index >= 15 is 0 Å². The van der Waals surface area contributed by atoms with Gasteiger partial charge in [-0.25, -0.2) is 0 Å². The lowest BCUT2D eigenvalue weighted by Gasteiger charge is -2.19. The lowest BCUT2D eigenvalue weighted by molar-refractivity contribution is 0.673. The third-order valence-corrected chi connectivity index (χ3v) is 3.11. The van der Waals surface area contributed by atoms with Gasteiger partial charge >= 0.3 is 0 Å². The van der Waals surface area contributed by atoms with Gasteiger partial charge in [0.1, 0.15) is 0 Å². The van der Waals surface area contributed by atoms with Crippen LogP contribution < -0.4 is 5.32 Å². The largest absolute Gasteiger partial charge is 0.379 e. The predicted molar refractivity (Wildman–Crippen MR) is 69.3 cm³/mol. The molecule has 1 aliphatic rings. The minimum absolute atomic E-state index is 0.507. The van der Waals surface area contributed by atoms with E-state index in [0.29, 0.717) is 6.04 Å². The first-order chi connectivity index (χ1) is 7.24. The van der Waals surface area contributed by atoms with Gasteiger partial charge in [-0.1, -0.05) is 28.1 Å². The van der Waals surface area contributed by atoms with Crippen molar-refractivity contribution in [2.24, 2.45) is 0 Å². The van der Waals surface area contributed by atoms with Gasteiger partial charge in [0.15, 0.2) is 0 Å². The van der Waals surface area contributed by atoms with Gasteiger partial charge in [-0.15, -0.1) is 0 Å². The Labute approximate surface area is 99.7 Å². The summed E-state index contributed by atoms with van der Waals surface area (Å²) < 4.78 is 1.14. The topological polar surface area (TPSA) is 12.0 Å². The van der Waals surface area contributed by atoms with Gasteiger partial charge in [-0.2, -0.15) is 0 Å². The Morgan fingerprint density at radius 2 is 2.20 bits per heavy atom. The van der Waals surface area contributed by atoms with Gasteiger partial charge < -0.3 is 5.32 Å². The van der Waals surface area contributed by atoms with E-state index < -0.39 is 0 Å². The number of allylic oxidation sites excluding steroid dienone is 1. The van der Waals surface area contributed by atoms with Gasteiger partial charge in [0.25, 0.3) is 0 Å². The molecular weight excluding hydrogens is 250 g/mol. The number of aryl methyl sites for hydroxylation is 1. The Bertz CT molecular complexity index is 351. The molecule has 0 spiro atoms. The van der Waals surface area contributed by atoms with E-state index in [2.05, 4.69) is 58.5 Å². The molecule has 0 radical (unpaired) electrons. The molecule has 0 aromatic heterocycles. The molecule has 2 heteroatoms. The van der Waals surface area contributed by atoms with Crippen molar-refractivity contribution in [1.29, 1.82) is 0 Å². The molecule has 1 aromatic rings. The maximum atomic E-state index is 3.55. The van der Waals surface area contributed by atoms with Crippen molar-refractivity contribution in [2.45, 2.75) is 32.2 Å². The number of rotatable bonds is 2. The summed E-state index contributed by atoms with van der Waals surface area (Å²) in [6, 6.07) is 6.96. The van der Waals surface area contributed by atoms with Crippen LogP contribution in [0.1, 0.15) is 24.8 Å². The van der Waals surface area contributed by atoms with Crippen LogP contribution in [0.15, 0.2) is 34.8 Å². The molecule has 0 fully saturated rings. The summed E-state index contributed by atoms with van der Waals surface area (Å²) >= 11 is 3.52. The Morgan fingerprint density at radius 1 is 1.33 bits per heavy atom. The highest BCUT2D eigenvalue weighted by Gasteiger charge is 2.07. The predicted octanol–water partition coefficient (Wildman–Crippen LogP) is 4.28. The summed E-state index contributed by atoms with van der Waals surface area (Å²) in [5.41, 5.74) is 2.49. The molecule has 0 saturated heterocycles. The fourth-order valence-corrected chi connectivity index (χ4v) is 2.57. The number of anilines is 1. The standard InChI is InChI=1S/C13H16BrN/c1-10-7-11(14)9-13(8-10)15-12-5-3-2-4-6-12/h3,5,7-9,12,15H,2,4,6H2,1H3. The zero-order valence-electron chi connectivity index (χ0n) is 8.96. The Kier molecular flexibility index (Phi) is 3.47. The van der Waals surface area contributed by atoms with Gasteiger partial charge in [-0.3, -0.25) is 0 Å². The van der Waals surface area contributed by atoms with Crippen LogP contribution >= 0.6 is 15.9 Å². The summed E-state index contributed by atoms with van der Waals surface area (Å²) in [4.78, 5) is 0. The Hall–Kier alpha value is -0.760. The highest BCUT2D eigenvalue weighted by Crippen LogP contribution is 2.22. The molecule has 0 bridgehead atoms. The van der Waals surface area contributed by atoms with Crippen LogP contribution in [0.2, 0.25) is 0 Å². The summed E-state index contributed by atoms with van der Waals surface area (Å²) in [5.74, 6) is 0. The lowest BCUT2D eigenvalue weighted by atomic mass is 10.0. The first-order valence-electron chi connectivity index (χ1n) is 5.44. The number of benzene rings is 1. The van der Waals surface area contributed by atoms with E-state index in [1.807, 2.05) is 0 Å². The molecule has 0 heterocycles. The fraction of sp³-hybridized carbons (Fsp3) is 0.385. The number of nitrogens with one attached hydrogen (secondary N) is 1. The van der Waals surface area contributed by atoms with E-state index in [1.54, 1.807) is 0 Å². The van der Waals surface area contributed by atoms with Crippen LogP contribution in [0, 0.1) is 6.92 Å². The van der Waals surface area contributed by atoms with Crippen LogP contribution in [0.4, 0.5) is 5.69 Å². The van der Waals surface area contributed by atoms with E-state index in [4.69, 9.17) is 0 Å². The van der Waals surface area contributed by atoms with Crippen molar-refractivity contribution >= 4 is 21.6 Å². The summed E-state index contributed by atoms with van der Waals surface area (Å²) in [5, 5.41) is 3.55. The second-order valence-corrected chi connectivity index (χ2v) is 5.04. The highest BCUT2D eigenvalue weighted by molar-refractivity contribution is 9.10. The minimum atomic E-state index is 0.507. The summed E-state index contributed by atoms with van der Waals surface area (Å²) in [7, 11) is 0. The number of hydrogen-bond acceptors (Lipinski definition) is 1. The molecule has 1 nitrogen and oxygen atoms in total. The van der Waals surface area contributed by atoms with Gasteiger partial charge in [0, 0.05) is 16.2 Å². The molecule has 0 saturated carbocycles. The average molecular weight is 266 g/mol. The van der Waals surface area contributed by atoms with Crippen LogP contribution in [0.3, 0.4) is 0 Å². The van der Waals surface area contributed by atoms with E-state index in [9.17, 15) is 0 Å². The van der Waals surface area contributed by atoms with Crippen molar-refractivity contribution in [3.05, 3.63) is 40.4 Å². The quantitative estimate of drug-likeness (QED) is 0.788. The molecule has 0 aliphatic heterocycles. The normalized spacial score (nSPS) is 20.3. The maximum Gasteiger partial charge on any atom is 0.0444 e. The SMILES string of the molecule is Cc1cc(Br)cc(NC2C=CCCC2)c1. The molecule has 1 aromatic carbocycles. The van der Waals surface area contributed by atoms with Crippen molar-refractivity contribution in [2.75, 3.05) is 5.32 Å². The smallest absolute Gasteiger partial charge is 0.0444 e. The van der Waals surface area contributed by atoms with Gasteiger partial charge in [-0.05, 0) is 49.9 Å². The first-order valence-corrected chi connectivity index (χ1v) is 6.24. The Balaban J connectivity index is 2.09. The molecule has 1 aliphatic carbocycles. The molecule has 15 heavy (non-hydrogen) atoms. The second kappa shape index (κ2) is 4.84. The molecule has 80 valence electrons. The lowest BCUT2D eigenvalue weighted by Crippen LogP contribution is -2.18. The fourth-order valence-electron chi connectivity index (χ4n) is 1.97. The summed E-state index contributed by atoms with van der Waals surface area (Å²) in [6.45, 7) is 2.12. The molecule has 0 amide bonds. The molecular formula is C13H16BrN. The van der Waals surface area contributed by atoms with E-state index in [0.717, 1.165) is 4.47 Å². The molecule has 1 atom stereocenters. The average Bonchev–Trinajstić information content (AvgIpc) is 2.17. The van der Waals surface area contributed by atoms with Gasteiger partial charge in [0.2, 0.25) is 0 Å². The molecule has 1 N–H and O–H groups in total. The number of halogens is 1. The molecule has 1 unspecified atom stereocenters. The zero-order valence-corrected chi connectivity index (χ0v) is 10.5. The molecule has 2 rings (SSSR count). The summed E-state index contributed by atoms with van der Waals surface area (Å²) in [6.07, 6.45) is 8.31. The first kappa shape index (κ1) is 10.7. The van der Waals surface area contributed by atoms with Crippen molar-refractivity contribution in [3.63, 3.8) is 0 Å². The van der Waals surface area contributed by atoms with Crippen molar-refractivity contribution in [1.82, 2.24) is 0 Å². The number of hydrogen-bond donors (Lipinski definition) is 1. The minimum Gasteiger partial charge on any atom is -0.379 e. The third-order valence-electron chi connectivity index (χ3n) is 2.65. The van der Waals surface area contributed by atoms with Gasteiger partial charge in [0.05, 0.1) is 0 Å². The monoisotopic (exact) mass is 265 g/mol. The van der Waals surface area contributed by atoms with Crippen LogP contribution in [0.25, 0.3) is 0 Å².